The number of benzene rings is 1. The van der Waals surface area contributed by atoms with E-state index in [1.165, 1.54) is 6.07 Å². The van der Waals surface area contributed by atoms with Gasteiger partial charge in [-0.25, -0.2) is 4.39 Å². The van der Waals surface area contributed by atoms with Crippen LogP contribution in [0.1, 0.15) is 24.8 Å². The molecule has 0 saturated carbocycles. The van der Waals surface area contributed by atoms with Crippen molar-refractivity contribution in [1.29, 1.82) is 0 Å². The molecule has 0 amide bonds. The zero-order chi connectivity index (χ0) is 9.84. The summed E-state index contributed by atoms with van der Waals surface area (Å²) in [6.07, 6.45) is 0.885. The first-order valence-corrected chi connectivity index (χ1v) is 5.09. The van der Waals surface area contributed by atoms with Crippen molar-refractivity contribution in [3.8, 4) is 0 Å². The maximum atomic E-state index is 13.0. The molecule has 0 fully saturated rings. The van der Waals surface area contributed by atoms with Crippen LogP contribution in [0.15, 0.2) is 22.7 Å². The quantitative estimate of drug-likeness (QED) is 0.871. The Morgan fingerprint density at radius 2 is 2.15 bits per heavy atom. The zero-order valence-electron chi connectivity index (χ0n) is 7.56. The van der Waals surface area contributed by atoms with Crippen LogP contribution in [0, 0.1) is 5.82 Å². The Labute approximate surface area is 86.3 Å². The van der Waals surface area contributed by atoms with Crippen LogP contribution in [0.3, 0.4) is 0 Å². The van der Waals surface area contributed by atoms with Crippen molar-refractivity contribution in [2.75, 3.05) is 6.54 Å². The van der Waals surface area contributed by atoms with Gasteiger partial charge in [-0.05, 0) is 42.6 Å². The second-order valence-electron chi connectivity index (χ2n) is 3.18. The molecule has 0 aliphatic rings. The van der Waals surface area contributed by atoms with Crippen LogP contribution in [0.5, 0.6) is 0 Å². The van der Waals surface area contributed by atoms with Gasteiger partial charge >= 0.3 is 0 Å². The van der Waals surface area contributed by atoms with E-state index >= 15 is 0 Å². The van der Waals surface area contributed by atoms with Gasteiger partial charge in [-0.2, -0.15) is 0 Å². The summed E-state index contributed by atoms with van der Waals surface area (Å²) in [5.41, 5.74) is 6.43. The van der Waals surface area contributed by atoms with Crippen LogP contribution in [0.2, 0.25) is 0 Å². The van der Waals surface area contributed by atoms with E-state index < -0.39 is 0 Å². The highest BCUT2D eigenvalue weighted by Crippen LogP contribution is 2.23. The van der Waals surface area contributed by atoms with Gasteiger partial charge in [0.25, 0.3) is 0 Å². The van der Waals surface area contributed by atoms with Crippen LogP contribution >= 0.6 is 15.9 Å². The molecular formula is C10H13BrFN. The van der Waals surface area contributed by atoms with Gasteiger partial charge in [0.15, 0.2) is 0 Å². The van der Waals surface area contributed by atoms with Gasteiger partial charge in [0.05, 0.1) is 0 Å². The van der Waals surface area contributed by atoms with Gasteiger partial charge in [0, 0.05) is 4.47 Å². The minimum atomic E-state index is -0.201. The summed E-state index contributed by atoms with van der Waals surface area (Å²) in [4.78, 5) is 0. The minimum absolute atomic E-state index is 0.201. The number of nitrogens with two attached hydrogens (primary N) is 1. The first-order valence-electron chi connectivity index (χ1n) is 4.29. The second kappa shape index (κ2) is 4.72. The first-order chi connectivity index (χ1) is 6.13. The highest BCUT2D eigenvalue weighted by Gasteiger charge is 2.06. The third-order valence-electron chi connectivity index (χ3n) is 2.05. The van der Waals surface area contributed by atoms with Gasteiger partial charge in [-0.15, -0.1) is 0 Å². The summed E-state index contributed by atoms with van der Waals surface area (Å²) < 4.78 is 13.8. The summed E-state index contributed by atoms with van der Waals surface area (Å²) >= 11 is 3.26. The van der Waals surface area contributed by atoms with E-state index in [0.717, 1.165) is 16.5 Å². The molecule has 1 aromatic rings. The third kappa shape index (κ3) is 3.08. The molecule has 1 aromatic carbocycles. The highest BCUT2D eigenvalue weighted by atomic mass is 79.9. The molecule has 1 nitrogen and oxygen atoms in total. The highest BCUT2D eigenvalue weighted by molar-refractivity contribution is 9.10. The van der Waals surface area contributed by atoms with E-state index in [1.807, 2.05) is 13.0 Å². The van der Waals surface area contributed by atoms with Gasteiger partial charge in [-0.1, -0.05) is 22.9 Å². The van der Waals surface area contributed by atoms with Gasteiger partial charge in [0.1, 0.15) is 5.82 Å². The normalized spacial score (nSPS) is 12.9. The van der Waals surface area contributed by atoms with Crippen molar-refractivity contribution in [2.45, 2.75) is 19.3 Å². The van der Waals surface area contributed by atoms with Crippen molar-refractivity contribution in [1.82, 2.24) is 0 Å². The number of halogens is 2. The van der Waals surface area contributed by atoms with Crippen molar-refractivity contribution in [2.24, 2.45) is 5.73 Å². The van der Waals surface area contributed by atoms with Crippen LogP contribution in [-0.4, -0.2) is 6.54 Å². The van der Waals surface area contributed by atoms with Crippen LogP contribution in [0.25, 0.3) is 0 Å². The van der Waals surface area contributed by atoms with E-state index in [-0.39, 0.29) is 5.82 Å². The maximum absolute atomic E-state index is 13.0. The molecule has 1 rings (SSSR count). The Kier molecular flexibility index (Phi) is 3.88. The molecule has 2 N–H and O–H groups in total. The number of rotatable bonds is 3. The molecule has 13 heavy (non-hydrogen) atoms. The molecule has 72 valence electrons. The molecule has 3 heteroatoms. The molecule has 1 atom stereocenters. The Morgan fingerprint density at radius 3 is 2.69 bits per heavy atom. The SMILES string of the molecule is CC(CCN)c1cc(F)cc(Br)c1. The second-order valence-corrected chi connectivity index (χ2v) is 4.10. The largest absolute Gasteiger partial charge is 0.330 e. The Morgan fingerprint density at radius 1 is 1.46 bits per heavy atom. The molecule has 0 heterocycles. The lowest BCUT2D eigenvalue weighted by Gasteiger charge is -2.10. The predicted octanol–water partition coefficient (Wildman–Crippen LogP) is 3.04. The standard InChI is InChI=1S/C10H13BrFN/c1-7(2-3-13)8-4-9(11)6-10(12)5-8/h4-7H,2-3,13H2,1H3. The maximum Gasteiger partial charge on any atom is 0.124 e. The molecule has 0 aromatic heterocycles. The van der Waals surface area contributed by atoms with E-state index in [9.17, 15) is 4.39 Å². The summed E-state index contributed by atoms with van der Waals surface area (Å²) in [6.45, 7) is 2.68. The Hall–Kier alpha value is -0.410. The molecule has 1 unspecified atom stereocenters. The van der Waals surface area contributed by atoms with Crippen molar-refractivity contribution in [3.05, 3.63) is 34.1 Å². The Bertz CT molecular complexity index is 268. The fourth-order valence-corrected chi connectivity index (χ4v) is 1.76. The first kappa shape index (κ1) is 10.7. The Balaban J connectivity index is 2.87. The molecule has 0 aliphatic carbocycles. The van der Waals surface area contributed by atoms with Gasteiger partial charge in [0.2, 0.25) is 0 Å². The lowest BCUT2D eigenvalue weighted by atomic mass is 9.98. The van der Waals surface area contributed by atoms with Gasteiger partial charge in [-0.3, -0.25) is 0 Å². The molecule has 0 spiro atoms. The van der Waals surface area contributed by atoms with Crippen LogP contribution in [0.4, 0.5) is 4.39 Å². The lowest BCUT2D eigenvalue weighted by molar-refractivity contribution is 0.615. The van der Waals surface area contributed by atoms with E-state index in [2.05, 4.69) is 15.9 Å². The fraction of sp³-hybridized carbons (Fsp3) is 0.400. The van der Waals surface area contributed by atoms with Crippen LogP contribution < -0.4 is 5.73 Å². The smallest absolute Gasteiger partial charge is 0.124 e. The van der Waals surface area contributed by atoms with Crippen LogP contribution in [-0.2, 0) is 0 Å². The summed E-state index contributed by atoms with van der Waals surface area (Å²) in [5, 5.41) is 0. The van der Waals surface area contributed by atoms with Crippen molar-refractivity contribution >= 4 is 15.9 Å². The number of hydrogen-bond acceptors (Lipinski definition) is 1. The monoisotopic (exact) mass is 245 g/mol. The van der Waals surface area contributed by atoms with Gasteiger partial charge < -0.3 is 5.73 Å². The van der Waals surface area contributed by atoms with Crippen molar-refractivity contribution < 1.29 is 4.39 Å². The minimum Gasteiger partial charge on any atom is -0.330 e. The summed E-state index contributed by atoms with van der Waals surface area (Å²) in [5.74, 6) is 0.116. The molecule has 0 bridgehead atoms. The van der Waals surface area contributed by atoms with E-state index in [1.54, 1.807) is 6.07 Å². The molecular weight excluding hydrogens is 233 g/mol. The van der Waals surface area contributed by atoms with E-state index in [4.69, 9.17) is 5.73 Å². The van der Waals surface area contributed by atoms with E-state index in [0.29, 0.717) is 12.5 Å². The zero-order valence-corrected chi connectivity index (χ0v) is 9.14. The molecule has 0 aliphatic heterocycles. The molecule has 0 saturated heterocycles. The fourth-order valence-electron chi connectivity index (χ4n) is 1.28. The lowest BCUT2D eigenvalue weighted by Crippen LogP contribution is -2.04. The third-order valence-corrected chi connectivity index (χ3v) is 2.51. The number of hydrogen-bond donors (Lipinski definition) is 1. The van der Waals surface area contributed by atoms with Crippen molar-refractivity contribution in [3.63, 3.8) is 0 Å². The summed E-state index contributed by atoms with van der Waals surface area (Å²) in [6, 6.07) is 4.95. The molecule has 0 radical (unpaired) electrons. The average Bonchev–Trinajstić information content (AvgIpc) is 2.03. The average molecular weight is 246 g/mol. The topological polar surface area (TPSA) is 26.0 Å². The predicted molar refractivity (Wildman–Crippen MR) is 56.2 cm³/mol. The summed E-state index contributed by atoms with van der Waals surface area (Å²) in [7, 11) is 0.